The van der Waals surface area contributed by atoms with Crippen molar-refractivity contribution in [2.45, 2.75) is 25.2 Å². The standard InChI is InChI=1S/C15H18N2O2S/c1-3-12-8-9-13(10-14(12)16)17-20(18,19)15-7-5-4-6-11(15)2/h4-10,17H,3,16H2,1-2H3. The summed E-state index contributed by atoms with van der Waals surface area (Å²) < 4.78 is 27.2. The second-order valence-electron chi connectivity index (χ2n) is 4.64. The van der Waals surface area contributed by atoms with Gasteiger partial charge in [0.15, 0.2) is 0 Å². The third-order valence-corrected chi connectivity index (χ3v) is 4.70. The second-order valence-corrected chi connectivity index (χ2v) is 6.29. The fourth-order valence-corrected chi connectivity index (χ4v) is 3.35. The van der Waals surface area contributed by atoms with Crippen LogP contribution in [-0.4, -0.2) is 8.42 Å². The van der Waals surface area contributed by atoms with Crippen molar-refractivity contribution in [3.05, 3.63) is 53.6 Å². The number of rotatable bonds is 4. The lowest BCUT2D eigenvalue weighted by Crippen LogP contribution is -2.14. The highest BCUT2D eigenvalue weighted by atomic mass is 32.2. The van der Waals surface area contributed by atoms with E-state index < -0.39 is 10.0 Å². The molecule has 20 heavy (non-hydrogen) atoms. The molecule has 0 aliphatic heterocycles. The van der Waals surface area contributed by atoms with E-state index in [-0.39, 0.29) is 4.90 Å². The highest BCUT2D eigenvalue weighted by Crippen LogP contribution is 2.22. The molecule has 0 atom stereocenters. The smallest absolute Gasteiger partial charge is 0.262 e. The number of anilines is 2. The first-order valence-corrected chi connectivity index (χ1v) is 7.89. The van der Waals surface area contributed by atoms with Crippen molar-refractivity contribution >= 4 is 21.4 Å². The van der Waals surface area contributed by atoms with E-state index in [0.29, 0.717) is 16.9 Å². The first kappa shape index (κ1) is 14.4. The minimum atomic E-state index is -3.59. The molecule has 0 amide bonds. The van der Waals surface area contributed by atoms with Gasteiger partial charge in [0.1, 0.15) is 0 Å². The molecule has 0 fully saturated rings. The predicted molar refractivity (Wildman–Crippen MR) is 82.2 cm³/mol. The molecule has 106 valence electrons. The van der Waals surface area contributed by atoms with Crippen molar-refractivity contribution in [3.63, 3.8) is 0 Å². The van der Waals surface area contributed by atoms with Crippen LogP contribution in [0.3, 0.4) is 0 Å². The first-order chi connectivity index (χ1) is 9.44. The number of hydrogen-bond acceptors (Lipinski definition) is 3. The zero-order valence-corrected chi connectivity index (χ0v) is 12.4. The van der Waals surface area contributed by atoms with Gasteiger partial charge in [-0.1, -0.05) is 31.2 Å². The number of benzene rings is 2. The average molecular weight is 290 g/mol. The maximum Gasteiger partial charge on any atom is 0.262 e. The first-order valence-electron chi connectivity index (χ1n) is 6.41. The topological polar surface area (TPSA) is 72.2 Å². The zero-order valence-electron chi connectivity index (χ0n) is 11.6. The number of sulfonamides is 1. The summed E-state index contributed by atoms with van der Waals surface area (Å²) in [5.41, 5.74) is 8.66. The molecule has 0 aliphatic carbocycles. The van der Waals surface area contributed by atoms with Crippen LogP contribution in [-0.2, 0) is 16.4 Å². The van der Waals surface area contributed by atoms with E-state index in [9.17, 15) is 8.42 Å². The van der Waals surface area contributed by atoms with Crippen LogP contribution >= 0.6 is 0 Å². The Labute approximate surface area is 119 Å². The molecule has 0 aromatic heterocycles. The van der Waals surface area contributed by atoms with Crippen LogP contribution in [0.4, 0.5) is 11.4 Å². The van der Waals surface area contributed by atoms with E-state index in [4.69, 9.17) is 5.73 Å². The largest absolute Gasteiger partial charge is 0.398 e. The van der Waals surface area contributed by atoms with E-state index in [1.807, 2.05) is 19.1 Å². The maximum absolute atomic E-state index is 12.3. The molecule has 3 N–H and O–H groups in total. The summed E-state index contributed by atoms with van der Waals surface area (Å²) in [4.78, 5) is 0.276. The van der Waals surface area contributed by atoms with Crippen LogP contribution in [0.1, 0.15) is 18.1 Å². The lowest BCUT2D eigenvalue weighted by atomic mass is 10.1. The average Bonchev–Trinajstić information content (AvgIpc) is 2.38. The monoisotopic (exact) mass is 290 g/mol. The van der Waals surface area contributed by atoms with Gasteiger partial charge in [0.25, 0.3) is 10.0 Å². The number of nitrogens with two attached hydrogens (primary N) is 1. The highest BCUT2D eigenvalue weighted by molar-refractivity contribution is 7.92. The van der Waals surface area contributed by atoms with Gasteiger partial charge >= 0.3 is 0 Å². The third kappa shape index (κ3) is 2.93. The molecule has 4 nitrogen and oxygen atoms in total. The minimum absolute atomic E-state index is 0.276. The Balaban J connectivity index is 2.34. The van der Waals surface area contributed by atoms with E-state index in [0.717, 1.165) is 12.0 Å². The molecule has 0 aliphatic rings. The minimum Gasteiger partial charge on any atom is -0.398 e. The van der Waals surface area contributed by atoms with Crippen molar-refractivity contribution in [1.82, 2.24) is 0 Å². The van der Waals surface area contributed by atoms with Gasteiger partial charge in [-0.25, -0.2) is 8.42 Å². The van der Waals surface area contributed by atoms with E-state index >= 15 is 0 Å². The molecular weight excluding hydrogens is 272 g/mol. The molecule has 0 heterocycles. The summed E-state index contributed by atoms with van der Waals surface area (Å²) in [6.07, 6.45) is 0.816. The molecule has 0 saturated carbocycles. The summed E-state index contributed by atoms with van der Waals surface area (Å²) >= 11 is 0. The SMILES string of the molecule is CCc1ccc(NS(=O)(=O)c2ccccc2C)cc1N. The Bertz CT molecular complexity index is 724. The van der Waals surface area contributed by atoms with Crippen molar-refractivity contribution in [1.29, 1.82) is 0 Å². The van der Waals surface area contributed by atoms with E-state index in [2.05, 4.69) is 4.72 Å². The fourth-order valence-electron chi connectivity index (χ4n) is 2.05. The Morgan fingerprint density at radius 3 is 2.45 bits per heavy atom. The quantitative estimate of drug-likeness (QED) is 0.850. The van der Waals surface area contributed by atoms with Gasteiger partial charge in [-0.3, -0.25) is 4.72 Å². The van der Waals surface area contributed by atoms with Crippen LogP contribution in [0.2, 0.25) is 0 Å². The number of aryl methyl sites for hydroxylation is 2. The van der Waals surface area contributed by atoms with Gasteiger partial charge in [-0.2, -0.15) is 0 Å². The zero-order chi connectivity index (χ0) is 14.8. The Morgan fingerprint density at radius 1 is 1.15 bits per heavy atom. The number of nitrogen functional groups attached to an aromatic ring is 1. The molecule has 0 unspecified atom stereocenters. The van der Waals surface area contributed by atoms with E-state index in [1.54, 1.807) is 37.3 Å². The molecule has 0 radical (unpaired) electrons. The van der Waals surface area contributed by atoms with Crippen molar-refractivity contribution in [2.75, 3.05) is 10.5 Å². The van der Waals surface area contributed by atoms with Crippen LogP contribution in [0.5, 0.6) is 0 Å². The van der Waals surface area contributed by atoms with Crippen LogP contribution in [0.25, 0.3) is 0 Å². The molecule has 2 aromatic rings. The highest BCUT2D eigenvalue weighted by Gasteiger charge is 2.16. The van der Waals surface area contributed by atoms with Gasteiger partial charge in [0.2, 0.25) is 0 Å². The third-order valence-electron chi connectivity index (χ3n) is 3.16. The summed E-state index contributed by atoms with van der Waals surface area (Å²) in [5, 5.41) is 0. The predicted octanol–water partition coefficient (Wildman–Crippen LogP) is 2.94. The van der Waals surface area contributed by atoms with Gasteiger partial charge in [-0.15, -0.1) is 0 Å². The molecule has 2 rings (SSSR count). The number of hydrogen-bond donors (Lipinski definition) is 2. The van der Waals surface area contributed by atoms with Crippen LogP contribution in [0.15, 0.2) is 47.4 Å². The van der Waals surface area contributed by atoms with E-state index in [1.165, 1.54) is 0 Å². The molecular formula is C15H18N2O2S. The molecule has 0 spiro atoms. The van der Waals surface area contributed by atoms with Crippen LogP contribution < -0.4 is 10.5 Å². The molecule has 2 aromatic carbocycles. The normalized spacial score (nSPS) is 11.3. The molecule has 0 saturated heterocycles. The Hall–Kier alpha value is -2.01. The fraction of sp³-hybridized carbons (Fsp3) is 0.200. The lowest BCUT2D eigenvalue weighted by molar-refractivity contribution is 0.600. The summed E-state index contributed by atoms with van der Waals surface area (Å²) in [6.45, 7) is 3.77. The lowest BCUT2D eigenvalue weighted by Gasteiger charge is -2.12. The number of nitrogens with one attached hydrogen (secondary N) is 1. The van der Waals surface area contributed by atoms with Crippen molar-refractivity contribution in [2.24, 2.45) is 0 Å². The molecule has 0 bridgehead atoms. The van der Waals surface area contributed by atoms with Gasteiger partial charge < -0.3 is 5.73 Å². The second kappa shape index (κ2) is 5.54. The van der Waals surface area contributed by atoms with Gasteiger partial charge in [-0.05, 0) is 42.7 Å². The van der Waals surface area contributed by atoms with Crippen LogP contribution in [0, 0.1) is 6.92 Å². The van der Waals surface area contributed by atoms with Gasteiger partial charge in [0, 0.05) is 5.69 Å². The van der Waals surface area contributed by atoms with Crippen molar-refractivity contribution in [3.8, 4) is 0 Å². The summed E-state index contributed by atoms with van der Waals surface area (Å²) in [7, 11) is -3.59. The Kier molecular flexibility index (Phi) is 3.99. The summed E-state index contributed by atoms with van der Waals surface area (Å²) in [5.74, 6) is 0. The van der Waals surface area contributed by atoms with Crippen molar-refractivity contribution < 1.29 is 8.42 Å². The van der Waals surface area contributed by atoms with Gasteiger partial charge in [0.05, 0.1) is 10.6 Å². The Morgan fingerprint density at radius 2 is 1.85 bits per heavy atom. The molecule has 5 heteroatoms. The maximum atomic E-state index is 12.3. The summed E-state index contributed by atoms with van der Waals surface area (Å²) in [6, 6.07) is 12.1.